The van der Waals surface area contributed by atoms with E-state index in [1.54, 1.807) is 6.20 Å². The van der Waals surface area contributed by atoms with Crippen molar-refractivity contribution in [2.45, 2.75) is 13.3 Å². The van der Waals surface area contributed by atoms with Gasteiger partial charge in [0, 0.05) is 38.4 Å². The fraction of sp³-hybridized carbons (Fsp3) is 0.636. The predicted octanol–water partition coefficient (Wildman–Crippen LogP) is 1.49. The maximum atomic E-state index is 9.16. The largest absolute Gasteiger partial charge is 0.396 e. The van der Waals surface area contributed by atoms with E-state index in [1.807, 2.05) is 6.92 Å². The molecule has 0 saturated carbocycles. The van der Waals surface area contributed by atoms with E-state index < -0.39 is 0 Å². The molecule has 1 unspecified atom stereocenters. The van der Waals surface area contributed by atoms with E-state index in [0.717, 1.165) is 36.3 Å². The number of aromatic nitrogens is 2. The Bertz CT molecular complexity index is 388. The molecule has 2 heterocycles. The summed E-state index contributed by atoms with van der Waals surface area (Å²) in [5.41, 5.74) is 0. The first-order valence-corrected chi connectivity index (χ1v) is 6.66. The summed E-state index contributed by atoms with van der Waals surface area (Å²) < 4.78 is 0.901. The van der Waals surface area contributed by atoms with Crippen LogP contribution in [0.2, 0.25) is 0 Å². The first-order chi connectivity index (χ1) is 8.24. The van der Waals surface area contributed by atoms with Crippen LogP contribution >= 0.6 is 15.9 Å². The third-order valence-corrected chi connectivity index (χ3v) is 3.46. The molecule has 0 aliphatic carbocycles. The van der Waals surface area contributed by atoms with Crippen LogP contribution < -0.4 is 10.2 Å². The molecule has 0 bridgehead atoms. The Labute approximate surface area is 109 Å². The van der Waals surface area contributed by atoms with Crippen molar-refractivity contribution < 1.29 is 5.11 Å². The molecular formula is C11H17BrN4O. The van der Waals surface area contributed by atoms with Crippen molar-refractivity contribution in [2.75, 3.05) is 36.5 Å². The van der Waals surface area contributed by atoms with Gasteiger partial charge >= 0.3 is 0 Å². The lowest BCUT2D eigenvalue weighted by atomic mass is 10.1. The Morgan fingerprint density at radius 3 is 3.12 bits per heavy atom. The van der Waals surface area contributed by atoms with E-state index in [4.69, 9.17) is 5.11 Å². The number of nitrogens with one attached hydrogen (secondary N) is 1. The quantitative estimate of drug-likeness (QED) is 0.882. The van der Waals surface area contributed by atoms with E-state index in [0.29, 0.717) is 11.9 Å². The molecule has 0 amide bonds. The van der Waals surface area contributed by atoms with Gasteiger partial charge in [0.1, 0.15) is 5.82 Å². The molecule has 1 aliphatic heterocycles. The lowest BCUT2D eigenvalue weighted by Gasteiger charge is -2.19. The third kappa shape index (κ3) is 2.87. The fourth-order valence-corrected chi connectivity index (χ4v) is 2.44. The smallest absolute Gasteiger partial charge is 0.224 e. The maximum Gasteiger partial charge on any atom is 0.224 e. The lowest BCUT2D eigenvalue weighted by molar-refractivity contribution is 0.238. The number of aliphatic hydroxyl groups excluding tert-OH is 1. The number of aliphatic hydroxyl groups is 1. The molecule has 0 radical (unpaired) electrons. The average molecular weight is 301 g/mol. The second-order valence-electron chi connectivity index (χ2n) is 4.18. The van der Waals surface area contributed by atoms with Gasteiger partial charge in [0.25, 0.3) is 0 Å². The zero-order valence-electron chi connectivity index (χ0n) is 9.86. The van der Waals surface area contributed by atoms with E-state index in [2.05, 4.69) is 36.1 Å². The maximum absolute atomic E-state index is 9.16. The minimum atomic E-state index is 0.249. The number of halogens is 1. The average Bonchev–Trinajstić information content (AvgIpc) is 2.80. The van der Waals surface area contributed by atoms with Crippen molar-refractivity contribution in [3.05, 3.63) is 10.7 Å². The van der Waals surface area contributed by atoms with Crippen LogP contribution in [-0.4, -0.2) is 41.3 Å². The third-order valence-electron chi connectivity index (χ3n) is 2.90. The van der Waals surface area contributed by atoms with Gasteiger partial charge in [0.15, 0.2) is 0 Å². The van der Waals surface area contributed by atoms with Crippen LogP contribution in [0.5, 0.6) is 0 Å². The summed E-state index contributed by atoms with van der Waals surface area (Å²) in [4.78, 5) is 10.9. The standard InChI is InChI=1S/C11H17BrN4O/c1-2-13-11-14-5-9(12)10(15-11)16-4-3-8(6-16)7-17/h5,8,17H,2-4,6-7H2,1H3,(H,13,14,15). The highest BCUT2D eigenvalue weighted by Gasteiger charge is 2.24. The van der Waals surface area contributed by atoms with Crippen LogP contribution in [0.15, 0.2) is 10.7 Å². The van der Waals surface area contributed by atoms with Gasteiger partial charge in [-0.2, -0.15) is 4.98 Å². The van der Waals surface area contributed by atoms with Gasteiger partial charge in [-0.3, -0.25) is 0 Å². The number of hydrogen-bond acceptors (Lipinski definition) is 5. The summed E-state index contributed by atoms with van der Waals surface area (Å²) in [6.07, 6.45) is 2.79. The van der Waals surface area contributed by atoms with Crippen LogP contribution in [0.4, 0.5) is 11.8 Å². The van der Waals surface area contributed by atoms with Crippen molar-refractivity contribution in [1.29, 1.82) is 0 Å². The molecule has 94 valence electrons. The number of rotatable bonds is 4. The van der Waals surface area contributed by atoms with Crippen molar-refractivity contribution in [3.8, 4) is 0 Å². The highest BCUT2D eigenvalue weighted by molar-refractivity contribution is 9.10. The van der Waals surface area contributed by atoms with Gasteiger partial charge in [-0.15, -0.1) is 0 Å². The Morgan fingerprint density at radius 2 is 2.47 bits per heavy atom. The Morgan fingerprint density at radius 1 is 1.65 bits per heavy atom. The SMILES string of the molecule is CCNc1ncc(Br)c(N2CCC(CO)C2)n1. The van der Waals surface area contributed by atoms with Crippen LogP contribution in [0, 0.1) is 5.92 Å². The zero-order valence-corrected chi connectivity index (χ0v) is 11.4. The van der Waals surface area contributed by atoms with E-state index >= 15 is 0 Å². The van der Waals surface area contributed by atoms with Gasteiger partial charge in [0.2, 0.25) is 5.95 Å². The van der Waals surface area contributed by atoms with Gasteiger partial charge in [0.05, 0.1) is 4.47 Å². The van der Waals surface area contributed by atoms with Crippen molar-refractivity contribution in [1.82, 2.24) is 9.97 Å². The predicted molar refractivity (Wildman–Crippen MR) is 71.3 cm³/mol. The van der Waals surface area contributed by atoms with Crippen molar-refractivity contribution >= 4 is 27.7 Å². The summed E-state index contributed by atoms with van der Waals surface area (Å²) in [5, 5.41) is 12.3. The molecule has 5 nitrogen and oxygen atoms in total. The first-order valence-electron chi connectivity index (χ1n) is 5.86. The molecule has 1 atom stereocenters. The van der Waals surface area contributed by atoms with Gasteiger partial charge < -0.3 is 15.3 Å². The van der Waals surface area contributed by atoms with Crippen LogP contribution in [0.3, 0.4) is 0 Å². The highest BCUT2D eigenvalue weighted by atomic mass is 79.9. The summed E-state index contributed by atoms with van der Waals surface area (Å²) in [5.74, 6) is 1.92. The normalized spacial score (nSPS) is 19.7. The molecule has 2 rings (SSSR count). The van der Waals surface area contributed by atoms with E-state index in [9.17, 15) is 0 Å². The van der Waals surface area contributed by atoms with Gasteiger partial charge in [-0.05, 0) is 29.3 Å². The highest BCUT2D eigenvalue weighted by Crippen LogP contribution is 2.28. The lowest BCUT2D eigenvalue weighted by Crippen LogP contribution is -2.22. The summed E-state index contributed by atoms with van der Waals surface area (Å²) >= 11 is 3.48. The molecule has 1 aliphatic rings. The Hall–Kier alpha value is -0.880. The molecule has 1 aromatic rings. The fourth-order valence-electron chi connectivity index (χ4n) is 2.00. The molecule has 1 aromatic heterocycles. The Kier molecular flexibility index (Phi) is 4.17. The molecule has 1 saturated heterocycles. The van der Waals surface area contributed by atoms with E-state index in [-0.39, 0.29) is 6.61 Å². The molecule has 1 fully saturated rings. The minimum Gasteiger partial charge on any atom is -0.396 e. The van der Waals surface area contributed by atoms with Gasteiger partial charge in [-0.25, -0.2) is 4.98 Å². The van der Waals surface area contributed by atoms with Gasteiger partial charge in [-0.1, -0.05) is 0 Å². The summed E-state index contributed by atoms with van der Waals surface area (Å²) in [6.45, 7) is 4.87. The van der Waals surface area contributed by atoms with Crippen LogP contribution in [0.1, 0.15) is 13.3 Å². The van der Waals surface area contributed by atoms with Crippen molar-refractivity contribution in [3.63, 3.8) is 0 Å². The minimum absolute atomic E-state index is 0.249. The molecule has 6 heteroatoms. The molecular weight excluding hydrogens is 284 g/mol. The summed E-state index contributed by atoms with van der Waals surface area (Å²) in [6, 6.07) is 0. The van der Waals surface area contributed by atoms with Crippen LogP contribution in [-0.2, 0) is 0 Å². The second-order valence-corrected chi connectivity index (χ2v) is 5.03. The summed E-state index contributed by atoms with van der Waals surface area (Å²) in [7, 11) is 0. The second kappa shape index (κ2) is 5.64. The molecule has 2 N–H and O–H groups in total. The molecule has 0 aromatic carbocycles. The first kappa shape index (κ1) is 12.6. The number of anilines is 2. The number of nitrogens with zero attached hydrogens (tertiary/aromatic N) is 3. The monoisotopic (exact) mass is 300 g/mol. The van der Waals surface area contributed by atoms with E-state index in [1.165, 1.54) is 0 Å². The molecule has 0 spiro atoms. The Balaban J connectivity index is 2.16. The van der Waals surface area contributed by atoms with Crippen molar-refractivity contribution in [2.24, 2.45) is 5.92 Å². The van der Waals surface area contributed by atoms with Crippen LogP contribution in [0.25, 0.3) is 0 Å². The topological polar surface area (TPSA) is 61.3 Å². The zero-order chi connectivity index (χ0) is 12.3. The molecule has 17 heavy (non-hydrogen) atoms. The number of hydrogen-bond donors (Lipinski definition) is 2.